The van der Waals surface area contributed by atoms with Crippen molar-refractivity contribution in [2.75, 3.05) is 39.4 Å². The molecule has 1 heterocycles. The molecule has 1 aliphatic rings. The number of aliphatic hydroxyl groups is 1. The molecule has 1 fully saturated rings. The van der Waals surface area contributed by atoms with E-state index in [0.29, 0.717) is 37.0 Å². The standard InChI is InChI=1S/C19H22Cl2N2O4S/c20-16-3-6-18(21)19(13-16)28(25,26)23-9-7-22(8-10-23)14-15-1-4-17(5-2-15)27-12-11-24/h1-6,13,24H,7-12,14H2. The number of piperazine rings is 1. The molecule has 28 heavy (non-hydrogen) atoms. The molecule has 0 atom stereocenters. The van der Waals surface area contributed by atoms with Crippen LogP contribution in [0, 0.1) is 0 Å². The molecule has 2 aromatic carbocycles. The second kappa shape index (κ2) is 9.43. The van der Waals surface area contributed by atoms with Crippen molar-refractivity contribution >= 4 is 33.2 Å². The van der Waals surface area contributed by atoms with E-state index in [1.54, 1.807) is 6.07 Å². The summed E-state index contributed by atoms with van der Waals surface area (Å²) in [4.78, 5) is 2.25. The van der Waals surface area contributed by atoms with Crippen LogP contribution in [0.4, 0.5) is 0 Å². The summed E-state index contributed by atoms with van der Waals surface area (Å²) in [6.07, 6.45) is 0. The molecule has 2 aromatic rings. The van der Waals surface area contributed by atoms with Crippen molar-refractivity contribution in [3.8, 4) is 5.75 Å². The van der Waals surface area contributed by atoms with Crippen LogP contribution in [0.15, 0.2) is 47.4 Å². The fraction of sp³-hybridized carbons (Fsp3) is 0.368. The summed E-state index contributed by atoms with van der Waals surface area (Å²) in [5, 5.41) is 9.30. The number of rotatable bonds is 7. The third-order valence-electron chi connectivity index (χ3n) is 4.53. The SMILES string of the molecule is O=S(=O)(c1cc(Cl)ccc1Cl)N1CCN(Cc2ccc(OCCO)cc2)CC1. The third-order valence-corrected chi connectivity index (χ3v) is 7.15. The molecule has 0 bridgehead atoms. The van der Waals surface area contributed by atoms with Crippen molar-refractivity contribution in [3.05, 3.63) is 58.1 Å². The third kappa shape index (κ3) is 5.17. The molecule has 0 spiro atoms. The fourth-order valence-corrected chi connectivity index (χ4v) is 5.21. The molecule has 0 aliphatic carbocycles. The smallest absolute Gasteiger partial charge is 0.244 e. The second-order valence-electron chi connectivity index (χ2n) is 6.47. The molecule has 1 aliphatic heterocycles. The Bertz CT molecular complexity index is 899. The number of ether oxygens (including phenoxy) is 1. The molecule has 152 valence electrons. The van der Waals surface area contributed by atoms with E-state index < -0.39 is 10.0 Å². The zero-order chi connectivity index (χ0) is 20.1. The normalized spacial score (nSPS) is 16.2. The van der Waals surface area contributed by atoms with Gasteiger partial charge < -0.3 is 9.84 Å². The number of benzene rings is 2. The highest BCUT2D eigenvalue weighted by atomic mass is 35.5. The van der Waals surface area contributed by atoms with Gasteiger partial charge in [0.1, 0.15) is 17.3 Å². The topological polar surface area (TPSA) is 70.1 Å². The number of halogens is 2. The monoisotopic (exact) mass is 444 g/mol. The van der Waals surface area contributed by atoms with Crippen molar-refractivity contribution in [3.63, 3.8) is 0 Å². The summed E-state index contributed by atoms with van der Waals surface area (Å²) in [5.41, 5.74) is 1.12. The van der Waals surface area contributed by atoms with Gasteiger partial charge in [0, 0.05) is 37.7 Å². The minimum atomic E-state index is -3.67. The summed E-state index contributed by atoms with van der Waals surface area (Å²) in [6.45, 7) is 3.01. The van der Waals surface area contributed by atoms with Crippen molar-refractivity contribution in [2.45, 2.75) is 11.4 Å². The van der Waals surface area contributed by atoms with Gasteiger partial charge in [-0.2, -0.15) is 4.31 Å². The highest BCUT2D eigenvalue weighted by molar-refractivity contribution is 7.89. The Morgan fingerprint density at radius 3 is 2.32 bits per heavy atom. The summed E-state index contributed by atoms with van der Waals surface area (Å²) >= 11 is 12.0. The lowest BCUT2D eigenvalue weighted by Crippen LogP contribution is -2.48. The van der Waals surface area contributed by atoms with Gasteiger partial charge in [0.05, 0.1) is 11.6 Å². The predicted octanol–water partition coefficient (Wildman–Crippen LogP) is 2.87. The van der Waals surface area contributed by atoms with Gasteiger partial charge >= 0.3 is 0 Å². The summed E-state index contributed by atoms with van der Waals surface area (Å²) in [5.74, 6) is 0.715. The van der Waals surface area contributed by atoms with E-state index >= 15 is 0 Å². The van der Waals surface area contributed by atoms with E-state index in [1.165, 1.54) is 16.4 Å². The number of nitrogens with zero attached hydrogens (tertiary/aromatic N) is 2. The molecule has 6 nitrogen and oxygen atoms in total. The molecular formula is C19H22Cl2N2O4S. The molecule has 9 heteroatoms. The van der Waals surface area contributed by atoms with Crippen LogP contribution in [0.1, 0.15) is 5.56 Å². The van der Waals surface area contributed by atoms with E-state index in [2.05, 4.69) is 4.90 Å². The lowest BCUT2D eigenvalue weighted by Gasteiger charge is -2.34. The first-order valence-corrected chi connectivity index (χ1v) is 11.1. The largest absolute Gasteiger partial charge is 0.491 e. The van der Waals surface area contributed by atoms with Gasteiger partial charge in [-0.25, -0.2) is 8.42 Å². The predicted molar refractivity (Wildman–Crippen MR) is 110 cm³/mol. The van der Waals surface area contributed by atoms with Crippen LogP contribution in [-0.2, 0) is 16.6 Å². The first-order chi connectivity index (χ1) is 13.4. The highest BCUT2D eigenvalue weighted by Crippen LogP contribution is 2.28. The van der Waals surface area contributed by atoms with Crippen molar-refractivity contribution in [1.29, 1.82) is 0 Å². The molecule has 1 N–H and O–H groups in total. The second-order valence-corrected chi connectivity index (χ2v) is 9.22. The van der Waals surface area contributed by atoms with Crippen LogP contribution in [-0.4, -0.2) is 62.1 Å². The van der Waals surface area contributed by atoms with E-state index in [9.17, 15) is 8.42 Å². The number of hydrogen-bond acceptors (Lipinski definition) is 5. The fourth-order valence-electron chi connectivity index (χ4n) is 3.05. The van der Waals surface area contributed by atoms with E-state index in [-0.39, 0.29) is 23.1 Å². The van der Waals surface area contributed by atoms with Crippen LogP contribution in [0.25, 0.3) is 0 Å². The maximum atomic E-state index is 12.9. The number of hydrogen-bond donors (Lipinski definition) is 1. The Morgan fingerprint density at radius 2 is 1.68 bits per heavy atom. The van der Waals surface area contributed by atoms with Crippen molar-refractivity contribution in [2.24, 2.45) is 0 Å². The molecule has 0 radical (unpaired) electrons. The van der Waals surface area contributed by atoms with Gasteiger partial charge in [-0.05, 0) is 35.9 Å². The van der Waals surface area contributed by atoms with E-state index in [1.807, 2.05) is 24.3 Å². The minimum absolute atomic E-state index is 0.0185. The van der Waals surface area contributed by atoms with Crippen LogP contribution < -0.4 is 4.74 Å². The Balaban J connectivity index is 1.59. The Morgan fingerprint density at radius 1 is 1.00 bits per heavy atom. The van der Waals surface area contributed by atoms with Crippen LogP contribution >= 0.6 is 23.2 Å². The summed E-state index contributed by atoms with van der Waals surface area (Å²) in [7, 11) is -3.67. The lowest BCUT2D eigenvalue weighted by molar-refractivity contribution is 0.181. The minimum Gasteiger partial charge on any atom is -0.491 e. The van der Waals surface area contributed by atoms with E-state index in [0.717, 1.165) is 12.1 Å². The summed E-state index contributed by atoms with van der Waals surface area (Å²) < 4.78 is 32.6. The molecule has 3 rings (SSSR count). The van der Waals surface area contributed by atoms with Gasteiger partial charge in [-0.15, -0.1) is 0 Å². The Kier molecular flexibility index (Phi) is 7.20. The zero-order valence-electron chi connectivity index (χ0n) is 15.2. The molecular weight excluding hydrogens is 423 g/mol. The summed E-state index contributed by atoms with van der Waals surface area (Å²) in [6, 6.07) is 12.1. The zero-order valence-corrected chi connectivity index (χ0v) is 17.6. The van der Waals surface area contributed by atoms with Crippen LogP contribution in [0.3, 0.4) is 0 Å². The van der Waals surface area contributed by atoms with Gasteiger partial charge in [-0.1, -0.05) is 35.3 Å². The van der Waals surface area contributed by atoms with Crippen LogP contribution in [0.2, 0.25) is 10.0 Å². The van der Waals surface area contributed by atoms with Gasteiger partial charge in [0.2, 0.25) is 10.0 Å². The van der Waals surface area contributed by atoms with Gasteiger partial charge in [0.15, 0.2) is 0 Å². The molecule has 1 saturated heterocycles. The van der Waals surface area contributed by atoms with E-state index in [4.69, 9.17) is 33.0 Å². The van der Waals surface area contributed by atoms with Crippen molar-refractivity contribution < 1.29 is 18.3 Å². The highest BCUT2D eigenvalue weighted by Gasteiger charge is 2.30. The van der Waals surface area contributed by atoms with Gasteiger partial charge in [-0.3, -0.25) is 4.90 Å². The lowest BCUT2D eigenvalue weighted by atomic mass is 10.2. The first kappa shape index (κ1) is 21.4. The number of sulfonamides is 1. The average molecular weight is 445 g/mol. The number of aliphatic hydroxyl groups excluding tert-OH is 1. The quantitative estimate of drug-likeness (QED) is 0.710. The maximum Gasteiger partial charge on any atom is 0.244 e. The van der Waals surface area contributed by atoms with Crippen molar-refractivity contribution in [1.82, 2.24) is 9.21 Å². The average Bonchev–Trinajstić information content (AvgIpc) is 2.69. The molecule has 0 aromatic heterocycles. The molecule has 0 unspecified atom stereocenters. The van der Waals surface area contributed by atoms with Gasteiger partial charge in [0.25, 0.3) is 0 Å². The van der Waals surface area contributed by atoms with Crippen LogP contribution in [0.5, 0.6) is 5.75 Å². The molecule has 0 amide bonds. The Hall–Kier alpha value is -1.35. The molecule has 0 saturated carbocycles. The Labute approximate surface area is 175 Å². The maximum absolute atomic E-state index is 12.9. The first-order valence-electron chi connectivity index (χ1n) is 8.90.